The van der Waals surface area contributed by atoms with Gasteiger partial charge in [0.2, 0.25) is 0 Å². The second kappa shape index (κ2) is 10.0. The van der Waals surface area contributed by atoms with E-state index in [4.69, 9.17) is 4.42 Å². The number of pyridine rings is 1. The van der Waals surface area contributed by atoms with Gasteiger partial charge in [0.25, 0.3) is 11.8 Å². The maximum absolute atomic E-state index is 15.3. The van der Waals surface area contributed by atoms with Crippen LogP contribution in [0.1, 0.15) is 39.1 Å². The van der Waals surface area contributed by atoms with Crippen LogP contribution in [-0.2, 0) is 0 Å². The molecule has 1 saturated carbocycles. The smallest absolute Gasteiger partial charge is 0.262 e. The van der Waals surface area contributed by atoms with Gasteiger partial charge in [-0.05, 0) is 97.1 Å². The van der Waals surface area contributed by atoms with Crippen molar-refractivity contribution in [1.29, 1.82) is 0 Å². The lowest BCUT2D eigenvalue weighted by Gasteiger charge is -2.22. The topological polar surface area (TPSA) is 75.4 Å². The Balaban J connectivity index is 1.47. The van der Waals surface area contributed by atoms with Gasteiger partial charge in [-0.2, -0.15) is 0 Å². The number of hydrogen-bond donors (Lipinski definition) is 1. The summed E-state index contributed by atoms with van der Waals surface area (Å²) in [6.07, 6.45) is 3.27. The van der Waals surface area contributed by atoms with Crippen LogP contribution in [0.4, 0.5) is 14.6 Å². The summed E-state index contributed by atoms with van der Waals surface area (Å²) in [4.78, 5) is 32.5. The first-order valence-electron chi connectivity index (χ1n) is 13.0. The van der Waals surface area contributed by atoms with Crippen LogP contribution in [0.25, 0.3) is 33.4 Å². The molecule has 0 aliphatic heterocycles. The lowest BCUT2D eigenvalue weighted by atomic mass is 9.95. The van der Waals surface area contributed by atoms with E-state index in [1.165, 1.54) is 25.2 Å². The van der Waals surface area contributed by atoms with Crippen molar-refractivity contribution in [3.8, 4) is 22.5 Å². The first-order valence-corrected chi connectivity index (χ1v) is 13.0. The Kier molecular flexibility index (Phi) is 6.38. The molecular formula is C32H25F2N3O3. The highest BCUT2D eigenvalue weighted by Crippen LogP contribution is 2.38. The van der Waals surface area contributed by atoms with Crippen LogP contribution >= 0.6 is 0 Å². The number of amides is 2. The molecule has 0 unspecified atom stereocenters. The molecule has 2 aromatic heterocycles. The van der Waals surface area contributed by atoms with Gasteiger partial charge < -0.3 is 9.73 Å². The van der Waals surface area contributed by atoms with Crippen LogP contribution in [0.3, 0.4) is 0 Å². The van der Waals surface area contributed by atoms with Crippen molar-refractivity contribution in [2.45, 2.75) is 25.8 Å². The zero-order chi connectivity index (χ0) is 28.0. The standard InChI is InChI=1S/C32H25F2N3O3/c1-18-15-26(34)24(32(39)37(22-11-12-22)28-5-3-4-14-36-28)17-23(18)20-8-13-27-25(16-20)29(31(38)35-2)30(40-27)19-6-9-21(33)10-7-19/h3-10,13-17,22H,11-12H2,1-2H3,(H,35,38). The van der Waals surface area contributed by atoms with Crippen molar-refractivity contribution in [1.82, 2.24) is 10.3 Å². The molecule has 2 amide bonds. The van der Waals surface area contributed by atoms with Gasteiger partial charge in [0.05, 0.1) is 11.1 Å². The lowest BCUT2D eigenvalue weighted by molar-refractivity contribution is 0.0961. The maximum atomic E-state index is 15.3. The molecule has 6 nitrogen and oxygen atoms in total. The largest absolute Gasteiger partial charge is 0.455 e. The molecule has 1 aliphatic rings. The van der Waals surface area contributed by atoms with Crippen LogP contribution < -0.4 is 10.2 Å². The van der Waals surface area contributed by atoms with E-state index < -0.39 is 17.5 Å². The number of nitrogens with one attached hydrogen (secondary N) is 1. The van der Waals surface area contributed by atoms with Crippen molar-refractivity contribution in [2.75, 3.05) is 11.9 Å². The molecule has 0 atom stereocenters. The molecular weight excluding hydrogens is 512 g/mol. The Morgan fingerprint density at radius 2 is 1.73 bits per heavy atom. The number of hydrogen-bond acceptors (Lipinski definition) is 4. The van der Waals surface area contributed by atoms with Crippen LogP contribution in [0.5, 0.6) is 0 Å². The fraction of sp³-hybridized carbons (Fsp3) is 0.156. The van der Waals surface area contributed by atoms with Gasteiger partial charge in [-0.3, -0.25) is 14.5 Å². The average Bonchev–Trinajstić information content (AvgIpc) is 3.72. The summed E-state index contributed by atoms with van der Waals surface area (Å²) < 4.78 is 34.9. The van der Waals surface area contributed by atoms with E-state index in [1.807, 2.05) is 0 Å². The quantitative estimate of drug-likeness (QED) is 0.255. The Hall–Kier alpha value is -4.85. The summed E-state index contributed by atoms with van der Waals surface area (Å²) in [6.45, 7) is 1.77. The fourth-order valence-electron chi connectivity index (χ4n) is 4.98. The lowest BCUT2D eigenvalue weighted by Crippen LogP contribution is -2.34. The summed E-state index contributed by atoms with van der Waals surface area (Å²) in [5, 5.41) is 3.19. The van der Waals surface area contributed by atoms with Crippen LogP contribution in [0.2, 0.25) is 0 Å². The molecule has 0 spiro atoms. The van der Waals surface area contributed by atoms with Gasteiger partial charge in [-0.25, -0.2) is 13.8 Å². The van der Waals surface area contributed by atoms with Gasteiger partial charge in [-0.1, -0.05) is 12.1 Å². The van der Waals surface area contributed by atoms with Crippen molar-refractivity contribution in [3.63, 3.8) is 0 Å². The van der Waals surface area contributed by atoms with Crippen LogP contribution in [0, 0.1) is 18.6 Å². The number of furan rings is 1. The molecule has 3 aromatic carbocycles. The number of benzene rings is 3. The number of nitrogens with zero attached hydrogens (tertiary/aromatic N) is 2. The SMILES string of the molecule is CNC(=O)c1c(-c2ccc(F)cc2)oc2ccc(-c3cc(C(=O)N(c4ccccn4)C4CC4)c(F)cc3C)cc12. The molecule has 1 N–H and O–H groups in total. The number of anilines is 1. The van der Waals surface area contributed by atoms with E-state index in [0.29, 0.717) is 50.4 Å². The summed E-state index contributed by atoms with van der Waals surface area (Å²) in [6, 6.07) is 19.3. The highest BCUT2D eigenvalue weighted by molar-refractivity contribution is 6.12. The van der Waals surface area contributed by atoms with E-state index >= 15 is 4.39 Å². The predicted molar refractivity (Wildman–Crippen MR) is 149 cm³/mol. The Labute approximate surface area is 229 Å². The van der Waals surface area contributed by atoms with Gasteiger partial charge in [0.1, 0.15) is 28.8 Å². The summed E-state index contributed by atoms with van der Waals surface area (Å²) >= 11 is 0. The Morgan fingerprint density at radius 1 is 0.975 bits per heavy atom. The first-order chi connectivity index (χ1) is 19.4. The minimum Gasteiger partial charge on any atom is -0.455 e. The van der Waals surface area contributed by atoms with Gasteiger partial charge in [0.15, 0.2) is 0 Å². The van der Waals surface area contributed by atoms with Crippen molar-refractivity contribution < 1.29 is 22.8 Å². The monoisotopic (exact) mass is 537 g/mol. The summed E-state index contributed by atoms with van der Waals surface area (Å²) in [5.41, 5.74) is 3.24. The molecule has 6 rings (SSSR count). The molecule has 0 radical (unpaired) electrons. The highest BCUT2D eigenvalue weighted by Gasteiger charge is 2.36. The fourth-order valence-corrected chi connectivity index (χ4v) is 4.98. The Bertz CT molecular complexity index is 1760. The molecule has 0 saturated heterocycles. The number of carbonyl (C=O) groups is 2. The number of rotatable bonds is 6. The van der Waals surface area contributed by atoms with E-state index in [1.54, 1.807) is 72.6 Å². The van der Waals surface area contributed by atoms with Crippen molar-refractivity contribution >= 4 is 28.6 Å². The van der Waals surface area contributed by atoms with Gasteiger partial charge in [0, 0.05) is 30.2 Å². The third-order valence-corrected chi connectivity index (χ3v) is 7.13. The van der Waals surface area contributed by atoms with E-state index in [9.17, 15) is 14.0 Å². The van der Waals surface area contributed by atoms with Gasteiger partial charge in [-0.15, -0.1) is 0 Å². The first kappa shape index (κ1) is 25.4. The maximum Gasteiger partial charge on any atom is 0.262 e. The highest BCUT2D eigenvalue weighted by atomic mass is 19.1. The minimum absolute atomic E-state index is 0.0196. The molecule has 5 aromatic rings. The number of aryl methyl sites for hydroxylation is 1. The minimum atomic E-state index is -0.609. The molecule has 1 aliphatic carbocycles. The van der Waals surface area contributed by atoms with E-state index in [-0.39, 0.29) is 17.5 Å². The zero-order valence-electron chi connectivity index (χ0n) is 21.9. The molecule has 0 bridgehead atoms. The van der Waals surface area contributed by atoms with Crippen molar-refractivity contribution in [3.05, 3.63) is 107 Å². The predicted octanol–water partition coefficient (Wildman–Crippen LogP) is 6.92. The second-order valence-electron chi connectivity index (χ2n) is 9.84. The Morgan fingerprint density at radius 3 is 2.40 bits per heavy atom. The zero-order valence-corrected chi connectivity index (χ0v) is 21.9. The van der Waals surface area contributed by atoms with E-state index in [0.717, 1.165) is 12.8 Å². The van der Waals surface area contributed by atoms with Gasteiger partial charge >= 0.3 is 0 Å². The van der Waals surface area contributed by atoms with Crippen molar-refractivity contribution in [2.24, 2.45) is 0 Å². The molecule has 1 fully saturated rings. The third-order valence-electron chi connectivity index (χ3n) is 7.13. The number of carbonyl (C=O) groups excluding carboxylic acids is 2. The van der Waals surface area contributed by atoms with Crippen LogP contribution in [0.15, 0.2) is 83.4 Å². The van der Waals surface area contributed by atoms with E-state index in [2.05, 4.69) is 10.3 Å². The summed E-state index contributed by atoms with van der Waals surface area (Å²) in [7, 11) is 1.52. The normalized spacial score (nSPS) is 12.9. The third kappa shape index (κ3) is 4.51. The molecule has 8 heteroatoms. The van der Waals surface area contributed by atoms with Crippen LogP contribution in [-0.4, -0.2) is 29.9 Å². The molecule has 200 valence electrons. The molecule has 40 heavy (non-hydrogen) atoms. The molecule has 2 heterocycles. The second-order valence-corrected chi connectivity index (χ2v) is 9.84. The number of fused-ring (bicyclic) bond motifs is 1. The number of halogens is 2. The number of aromatic nitrogens is 1. The average molecular weight is 538 g/mol. The summed E-state index contributed by atoms with van der Waals surface area (Å²) in [5.74, 6) is -1.02.